The van der Waals surface area contributed by atoms with Gasteiger partial charge in [-0.3, -0.25) is 0 Å². The summed E-state index contributed by atoms with van der Waals surface area (Å²) in [5, 5.41) is 0. The lowest BCUT2D eigenvalue weighted by Gasteiger charge is -2.28. The molecule has 1 atom stereocenters. The van der Waals surface area contributed by atoms with Crippen LogP contribution in [0.4, 0.5) is 0 Å². The third-order valence-electron chi connectivity index (χ3n) is 4.15. The van der Waals surface area contributed by atoms with E-state index in [1.54, 1.807) is 4.31 Å². The zero-order valence-electron chi connectivity index (χ0n) is 12.1. The molecule has 3 rings (SSSR count). The molecule has 0 aromatic heterocycles. The first kappa shape index (κ1) is 15.3. The van der Waals surface area contributed by atoms with Gasteiger partial charge in [0, 0.05) is 24.0 Å². The number of nitrogens with one attached hydrogen (secondary N) is 1. The molecular weight excluding hydrogens is 304 g/mol. The highest BCUT2D eigenvalue weighted by molar-refractivity contribution is 7.99. The van der Waals surface area contributed by atoms with Crippen LogP contribution in [0.5, 0.6) is 0 Å². The van der Waals surface area contributed by atoms with Crippen LogP contribution in [0.25, 0.3) is 0 Å². The summed E-state index contributed by atoms with van der Waals surface area (Å²) in [7, 11) is -3.37. The van der Waals surface area contributed by atoms with E-state index in [9.17, 15) is 8.42 Å². The van der Waals surface area contributed by atoms with Gasteiger partial charge < -0.3 is 0 Å². The minimum atomic E-state index is -3.37. The highest BCUT2D eigenvalue weighted by Gasteiger charge is 2.29. The molecule has 0 bridgehead atoms. The van der Waals surface area contributed by atoms with Crippen molar-refractivity contribution >= 4 is 22.0 Å². The van der Waals surface area contributed by atoms with Crippen molar-refractivity contribution in [3.05, 3.63) is 29.8 Å². The maximum atomic E-state index is 12.6. The summed E-state index contributed by atoms with van der Waals surface area (Å²) < 4.78 is 29.8. The number of hydrogen-bond acceptors (Lipinski definition) is 3. The standard InChI is InChI=1S/C15H22N2O2S2/c18-21(19,17-10-5-1-2-6-11-17)16-14-9-12-20-15-8-4-3-7-13(14)15/h3-4,7-8,14,16H,1-2,5-6,9-12H2/t14-/m1/s1. The molecule has 0 aliphatic carbocycles. The quantitative estimate of drug-likeness (QED) is 0.929. The Morgan fingerprint density at radius 2 is 1.81 bits per heavy atom. The van der Waals surface area contributed by atoms with Crippen molar-refractivity contribution in [2.75, 3.05) is 18.8 Å². The Balaban J connectivity index is 1.76. The molecule has 2 aliphatic rings. The van der Waals surface area contributed by atoms with Crippen molar-refractivity contribution < 1.29 is 8.42 Å². The summed E-state index contributed by atoms with van der Waals surface area (Å²) in [5.74, 6) is 0.962. The average Bonchev–Trinajstić information content (AvgIpc) is 2.77. The van der Waals surface area contributed by atoms with Gasteiger partial charge in [-0.25, -0.2) is 0 Å². The summed E-state index contributed by atoms with van der Waals surface area (Å²) in [6.45, 7) is 1.30. The summed E-state index contributed by atoms with van der Waals surface area (Å²) >= 11 is 1.81. The third kappa shape index (κ3) is 3.62. The molecule has 1 N–H and O–H groups in total. The first-order valence-electron chi connectivity index (χ1n) is 7.66. The van der Waals surface area contributed by atoms with Gasteiger partial charge in [-0.15, -0.1) is 11.8 Å². The third-order valence-corrected chi connectivity index (χ3v) is 6.90. The number of nitrogens with zero attached hydrogens (tertiary/aromatic N) is 1. The van der Waals surface area contributed by atoms with Crippen molar-refractivity contribution in [2.24, 2.45) is 0 Å². The van der Waals surface area contributed by atoms with Gasteiger partial charge in [0.05, 0.1) is 0 Å². The minimum Gasteiger partial charge on any atom is -0.195 e. The number of rotatable bonds is 3. The fourth-order valence-electron chi connectivity index (χ4n) is 3.00. The molecule has 2 aliphatic heterocycles. The minimum absolute atomic E-state index is 0.0873. The fourth-order valence-corrected chi connectivity index (χ4v) is 5.62. The molecule has 0 saturated carbocycles. The van der Waals surface area contributed by atoms with Crippen LogP contribution in [0.15, 0.2) is 29.2 Å². The van der Waals surface area contributed by atoms with Gasteiger partial charge in [-0.05, 0) is 36.6 Å². The van der Waals surface area contributed by atoms with E-state index in [0.29, 0.717) is 13.1 Å². The van der Waals surface area contributed by atoms with E-state index in [1.807, 2.05) is 30.0 Å². The Bertz CT molecular complexity index is 581. The highest BCUT2D eigenvalue weighted by Crippen LogP contribution is 2.36. The number of benzene rings is 1. The summed E-state index contributed by atoms with van der Waals surface area (Å²) in [4.78, 5) is 1.20. The molecule has 1 aromatic carbocycles. The molecule has 0 amide bonds. The van der Waals surface area contributed by atoms with Crippen molar-refractivity contribution in [2.45, 2.75) is 43.0 Å². The highest BCUT2D eigenvalue weighted by atomic mass is 32.2. The molecule has 116 valence electrons. The van der Waals surface area contributed by atoms with E-state index in [1.165, 1.54) is 4.90 Å². The fraction of sp³-hybridized carbons (Fsp3) is 0.600. The molecule has 2 heterocycles. The predicted octanol–water partition coefficient (Wildman–Crippen LogP) is 2.93. The van der Waals surface area contributed by atoms with E-state index < -0.39 is 10.2 Å². The second-order valence-electron chi connectivity index (χ2n) is 5.66. The maximum absolute atomic E-state index is 12.6. The lowest BCUT2D eigenvalue weighted by Crippen LogP contribution is -2.43. The van der Waals surface area contributed by atoms with Gasteiger partial charge in [0.25, 0.3) is 10.2 Å². The first-order chi connectivity index (χ1) is 10.2. The van der Waals surface area contributed by atoms with Crippen LogP contribution in [0.2, 0.25) is 0 Å². The molecule has 1 aromatic rings. The molecule has 0 spiro atoms. The number of fused-ring (bicyclic) bond motifs is 1. The van der Waals surface area contributed by atoms with Crippen LogP contribution in [0.1, 0.15) is 43.7 Å². The van der Waals surface area contributed by atoms with Crippen LogP contribution in [-0.4, -0.2) is 31.6 Å². The lowest BCUT2D eigenvalue weighted by atomic mass is 10.1. The Kier molecular flexibility index (Phi) is 4.88. The van der Waals surface area contributed by atoms with Crippen LogP contribution in [0.3, 0.4) is 0 Å². The van der Waals surface area contributed by atoms with E-state index in [0.717, 1.165) is 43.4 Å². The van der Waals surface area contributed by atoms with Gasteiger partial charge >= 0.3 is 0 Å². The van der Waals surface area contributed by atoms with Crippen molar-refractivity contribution in [1.82, 2.24) is 9.03 Å². The zero-order chi connectivity index (χ0) is 14.7. The molecule has 4 nitrogen and oxygen atoms in total. The second-order valence-corrected chi connectivity index (χ2v) is 8.50. The summed E-state index contributed by atoms with van der Waals surface area (Å²) in [6.07, 6.45) is 5.06. The first-order valence-corrected chi connectivity index (χ1v) is 10.1. The average molecular weight is 326 g/mol. The zero-order valence-corrected chi connectivity index (χ0v) is 13.8. The van der Waals surface area contributed by atoms with Crippen molar-refractivity contribution in [1.29, 1.82) is 0 Å². The number of thioether (sulfide) groups is 1. The lowest BCUT2D eigenvalue weighted by molar-refractivity contribution is 0.406. The predicted molar refractivity (Wildman–Crippen MR) is 86.6 cm³/mol. The Labute approximate surface area is 131 Å². The Morgan fingerprint density at radius 1 is 1.10 bits per heavy atom. The normalized spacial score (nSPS) is 24.3. The monoisotopic (exact) mass is 326 g/mol. The van der Waals surface area contributed by atoms with E-state index in [2.05, 4.69) is 10.8 Å². The van der Waals surface area contributed by atoms with Gasteiger partial charge in [-0.2, -0.15) is 17.4 Å². The SMILES string of the molecule is O=S(=O)(N[C@@H]1CCSc2ccccc21)N1CCCCCC1. The smallest absolute Gasteiger partial charge is 0.195 e. The maximum Gasteiger partial charge on any atom is 0.280 e. The van der Waals surface area contributed by atoms with Gasteiger partial charge in [0.2, 0.25) is 0 Å². The van der Waals surface area contributed by atoms with Gasteiger partial charge in [0.15, 0.2) is 0 Å². The van der Waals surface area contributed by atoms with Crippen LogP contribution >= 0.6 is 11.8 Å². The van der Waals surface area contributed by atoms with Crippen molar-refractivity contribution in [3.8, 4) is 0 Å². The van der Waals surface area contributed by atoms with Crippen LogP contribution < -0.4 is 4.72 Å². The van der Waals surface area contributed by atoms with Crippen LogP contribution in [0, 0.1) is 0 Å². The van der Waals surface area contributed by atoms with Crippen molar-refractivity contribution in [3.63, 3.8) is 0 Å². The molecule has 0 unspecified atom stereocenters. The second kappa shape index (κ2) is 6.69. The largest absolute Gasteiger partial charge is 0.280 e. The van der Waals surface area contributed by atoms with Crippen LogP contribution in [-0.2, 0) is 10.2 Å². The summed E-state index contributed by atoms with van der Waals surface area (Å²) in [6, 6.07) is 8.02. The number of hydrogen-bond donors (Lipinski definition) is 1. The van der Waals surface area contributed by atoms with Gasteiger partial charge in [-0.1, -0.05) is 31.0 Å². The van der Waals surface area contributed by atoms with E-state index >= 15 is 0 Å². The van der Waals surface area contributed by atoms with E-state index in [-0.39, 0.29) is 6.04 Å². The van der Waals surface area contributed by atoms with E-state index in [4.69, 9.17) is 0 Å². The Hall–Kier alpha value is -0.560. The molecule has 6 heteroatoms. The molecular formula is C15H22N2O2S2. The molecule has 21 heavy (non-hydrogen) atoms. The topological polar surface area (TPSA) is 49.4 Å². The Morgan fingerprint density at radius 3 is 2.57 bits per heavy atom. The molecule has 1 fully saturated rings. The van der Waals surface area contributed by atoms with Gasteiger partial charge in [0.1, 0.15) is 0 Å². The molecule has 1 saturated heterocycles. The molecule has 0 radical (unpaired) electrons. The summed E-state index contributed by atoms with van der Waals surface area (Å²) in [5.41, 5.74) is 1.12.